The molecule has 196 valence electrons. The lowest BCUT2D eigenvalue weighted by Crippen LogP contribution is -2.41. The molecule has 37 heavy (non-hydrogen) atoms. The number of hydrogen-bond donors (Lipinski definition) is 1. The van der Waals surface area contributed by atoms with E-state index in [0.29, 0.717) is 13.0 Å². The Kier molecular flexibility index (Phi) is 8.43. The van der Waals surface area contributed by atoms with Gasteiger partial charge in [0.2, 0.25) is 5.91 Å². The number of piperidine rings is 1. The molecule has 1 unspecified atom stereocenters. The van der Waals surface area contributed by atoms with E-state index in [9.17, 15) is 14.4 Å². The number of ether oxygens (including phenoxy) is 1. The van der Waals surface area contributed by atoms with Crippen LogP contribution >= 0.6 is 0 Å². The predicted molar refractivity (Wildman–Crippen MR) is 142 cm³/mol. The molecule has 3 aromatic rings. The minimum absolute atomic E-state index is 0.115. The quantitative estimate of drug-likeness (QED) is 0.448. The fraction of sp³-hybridized carbons (Fsp3) is 0.429. The van der Waals surface area contributed by atoms with Crippen LogP contribution in [0, 0.1) is 5.92 Å². The molecule has 0 radical (unpaired) electrons. The van der Waals surface area contributed by atoms with Gasteiger partial charge in [0, 0.05) is 25.2 Å². The smallest absolute Gasteiger partial charge is 0.350 e. The molecule has 1 aromatic heterocycles. The molecule has 1 aliphatic heterocycles. The van der Waals surface area contributed by atoms with Gasteiger partial charge < -0.3 is 15.0 Å². The topological polar surface area (TPSA) is 98.5 Å². The van der Waals surface area contributed by atoms with E-state index in [-0.39, 0.29) is 23.6 Å². The zero-order valence-electron chi connectivity index (χ0n) is 21.7. The molecule has 1 aliphatic rings. The van der Waals surface area contributed by atoms with Gasteiger partial charge in [0.05, 0.1) is 18.3 Å². The first-order valence-corrected chi connectivity index (χ1v) is 12.9. The number of anilines is 1. The molecule has 1 N–H and O–H groups in total. The van der Waals surface area contributed by atoms with Crippen LogP contribution in [0.5, 0.6) is 0 Å². The molecule has 1 saturated heterocycles. The molecule has 0 bridgehead atoms. The number of aromatic nitrogens is 3. The Morgan fingerprint density at radius 1 is 1.03 bits per heavy atom. The first-order valence-electron chi connectivity index (χ1n) is 12.9. The van der Waals surface area contributed by atoms with Crippen LogP contribution in [-0.2, 0) is 14.3 Å². The first-order chi connectivity index (χ1) is 17.9. The highest BCUT2D eigenvalue weighted by Gasteiger charge is 2.24. The fourth-order valence-corrected chi connectivity index (χ4v) is 4.74. The highest BCUT2D eigenvalue weighted by atomic mass is 16.5. The summed E-state index contributed by atoms with van der Waals surface area (Å²) >= 11 is 0. The van der Waals surface area contributed by atoms with Crippen molar-refractivity contribution >= 4 is 17.6 Å². The fourth-order valence-electron chi connectivity index (χ4n) is 4.74. The van der Waals surface area contributed by atoms with Gasteiger partial charge in [0.15, 0.2) is 0 Å². The van der Waals surface area contributed by atoms with Crippen LogP contribution in [-0.4, -0.2) is 52.0 Å². The number of benzene rings is 2. The van der Waals surface area contributed by atoms with Crippen molar-refractivity contribution in [1.29, 1.82) is 0 Å². The van der Waals surface area contributed by atoms with Gasteiger partial charge in [-0.3, -0.25) is 4.79 Å². The number of rotatable bonds is 9. The normalized spacial score (nSPS) is 15.7. The number of carbonyl (C=O) groups is 2. The largest absolute Gasteiger partial charge is 0.464 e. The van der Waals surface area contributed by atoms with Crippen LogP contribution in [0.25, 0.3) is 5.69 Å². The summed E-state index contributed by atoms with van der Waals surface area (Å²) in [6, 6.07) is 17.0. The van der Waals surface area contributed by atoms with Gasteiger partial charge in [0.1, 0.15) is 12.4 Å². The summed E-state index contributed by atoms with van der Waals surface area (Å²) < 4.78 is 8.01. The Hall–Kier alpha value is -3.88. The summed E-state index contributed by atoms with van der Waals surface area (Å²) in [6.45, 7) is 7.34. The number of hydrogen-bond acceptors (Lipinski definition) is 6. The second-order valence-electron chi connectivity index (χ2n) is 9.51. The molecule has 2 aromatic carbocycles. The molecule has 4 rings (SSSR count). The van der Waals surface area contributed by atoms with Crippen LogP contribution in [0.2, 0.25) is 0 Å². The van der Waals surface area contributed by atoms with E-state index in [2.05, 4.69) is 15.3 Å². The minimum atomic E-state index is -0.632. The van der Waals surface area contributed by atoms with E-state index >= 15 is 0 Å². The summed E-state index contributed by atoms with van der Waals surface area (Å²) in [5.41, 5.74) is 2.70. The maximum absolute atomic E-state index is 13.0. The van der Waals surface area contributed by atoms with Crippen LogP contribution < -0.4 is 15.9 Å². The van der Waals surface area contributed by atoms with E-state index in [1.165, 1.54) is 4.68 Å². The molecule has 9 nitrogen and oxygen atoms in total. The molecule has 0 aliphatic carbocycles. The van der Waals surface area contributed by atoms with Crippen LogP contribution in [0.15, 0.2) is 65.7 Å². The Morgan fingerprint density at radius 3 is 2.32 bits per heavy atom. The maximum atomic E-state index is 13.0. The molecule has 0 saturated carbocycles. The number of nitrogens with zero attached hydrogens (tertiary/aromatic N) is 4. The standard InChI is InChI=1S/C28H35N5O4/c1-4-37-27(35)20(2)30-26(34)18-22-14-16-31(17-15-22)24-10-12-25(13-11-24)32-19-29-33(28(32)36)21(3)23-8-6-5-7-9-23/h5-13,19-22H,4,14-18H2,1-3H3,(H,30,34)/t20-,21?/m0/s1. The summed E-state index contributed by atoms with van der Waals surface area (Å²) in [6.07, 6.45) is 3.76. The summed E-state index contributed by atoms with van der Waals surface area (Å²) in [5.74, 6) is -0.244. The third-order valence-corrected chi connectivity index (χ3v) is 6.94. The lowest BCUT2D eigenvalue weighted by molar-refractivity contribution is -0.147. The van der Waals surface area contributed by atoms with E-state index in [1.807, 2.05) is 61.5 Å². The molecular formula is C28H35N5O4. The van der Waals surface area contributed by atoms with E-state index in [1.54, 1.807) is 24.7 Å². The zero-order chi connectivity index (χ0) is 26.4. The van der Waals surface area contributed by atoms with E-state index in [0.717, 1.165) is 42.9 Å². The summed E-state index contributed by atoms with van der Waals surface area (Å²) in [7, 11) is 0. The molecule has 1 fully saturated rings. The van der Waals surface area contributed by atoms with Crippen molar-refractivity contribution in [2.24, 2.45) is 5.92 Å². The van der Waals surface area contributed by atoms with Crippen LogP contribution in [0.1, 0.15) is 51.6 Å². The molecule has 0 spiro atoms. The third-order valence-electron chi connectivity index (χ3n) is 6.94. The maximum Gasteiger partial charge on any atom is 0.350 e. The van der Waals surface area contributed by atoms with Gasteiger partial charge in [-0.05, 0) is 69.4 Å². The second-order valence-corrected chi connectivity index (χ2v) is 9.51. The van der Waals surface area contributed by atoms with Gasteiger partial charge in [-0.15, -0.1) is 0 Å². The van der Waals surface area contributed by atoms with Crippen molar-refractivity contribution in [2.75, 3.05) is 24.6 Å². The average Bonchev–Trinajstić information content (AvgIpc) is 3.30. The van der Waals surface area contributed by atoms with Gasteiger partial charge in [0.25, 0.3) is 0 Å². The monoisotopic (exact) mass is 505 g/mol. The SMILES string of the molecule is CCOC(=O)[C@H](C)NC(=O)CC1CCN(c2ccc(-n3cnn(C(C)c4ccccc4)c3=O)cc2)CC1. The van der Waals surface area contributed by atoms with Crippen LogP contribution in [0.3, 0.4) is 0 Å². The minimum Gasteiger partial charge on any atom is -0.464 e. The Bertz CT molecular complexity index is 1240. The molecule has 9 heteroatoms. The molecule has 1 amide bonds. The average molecular weight is 506 g/mol. The Morgan fingerprint density at radius 2 is 1.68 bits per heavy atom. The molecule has 2 atom stereocenters. The number of amides is 1. The second kappa shape index (κ2) is 11.9. The van der Waals surface area contributed by atoms with Gasteiger partial charge in [-0.2, -0.15) is 5.10 Å². The number of carbonyl (C=O) groups excluding carboxylic acids is 2. The van der Waals surface area contributed by atoms with E-state index in [4.69, 9.17) is 4.74 Å². The van der Waals surface area contributed by atoms with Gasteiger partial charge in [-0.1, -0.05) is 30.3 Å². The lowest BCUT2D eigenvalue weighted by atomic mass is 9.92. The Labute approximate surface area is 217 Å². The first kappa shape index (κ1) is 26.2. The van der Waals surface area contributed by atoms with Crippen molar-refractivity contribution in [3.8, 4) is 5.69 Å². The van der Waals surface area contributed by atoms with Crippen molar-refractivity contribution in [3.63, 3.8) is 0 Å². The number of nitrogens with one attached hydrogen (secondary N) is 1. The summed E-state index contributed by atoms with van der Waals surface area (Å²) in [5, 5.41) is 7.08. The van der Waals surface area contributed by atoms with Crippen LogP contribution in [0.4, 0.5) is 5.69 Å². The molecule has 2 heterocycles. The zero-order valence-corrected chi connectivity index (χ0v) is 21.7. The predicted octanol–water partition coefficient (Wildman–Crippen LogP) is 3.32. The highest BCUT2D eigenvalue weighted by Crippen LogP contribution is 2.26. The molecular weight excluding hydrogens is 470 g/mol. The third kappa shape index (κ3) is 6.28. The summed E-state index contributed by atoms with van der Waals surface area (Å²) in [4.78, 5) is 39.4. The van der Waals surface area contributed by atoms with Gasteiger partial charge in [-0.25, -0.2) is 18.8 Å². The van der Waals surface area contributed by atoms with Crippen molar-refractivity contribution in [3.05, 3.63) is 77.0 Å². The van der Waals surface area contributed by atoms with Crippen molar-refractivity contribution in [2.45, 2.75) is 52.1 Å². The van der Waals surface area contributed by atoms with E-state index < -0.39 is 12.0 Å². The highest BCUT2D eigenvalue weighted by molar-refractivity contribution is 5.84. The number of esters is 1. The Balaban J connectivity index is 1.32. The van der Waals surface area contributed by atoms with Crippen molar-refractivity contribution < 1.29 is 14.3 Å². The lowest BCUT2D eigenvalue weighted by Gasteiger charge is -2.33. The van der Waals surface area contributed by atoms with Crippen molar-refractivity contribution in [1.82, 2.24) is 19.7 Å². The van der Waals surface area contributed by atoms with Gasteiger partial charge >= 0.3 is 11.7 Å².